The summed E-state index contributed by atoms with van der Waals surface area (Å²) in [5.74, 6) is 0.881. The van der Waals surface area contributed by atoms with Crippen molar-refractivity contribution in [2.75, 3.05) is 11.9 Å². The highest BCUT2D eigenvalue weighted by Gasteiger charge is 2.18. The summed E-state index contributed by atoms with van der Waals surface area (Å²) in [5.41, 5.74) is 1.81. The third-order valence-electron chi connectivity index (χ3n) is 4.05. The van der Waals surface area contributed by atoms with Gasteiger partial charge in [0.25, 0.3) is 5.91 Å². The number of carbonyl (C=O) groups is 1. The van der Waals surface area contributed by atoms with E-state index in [2.05, 4.69) is 30.5 Å². The second-order valence-corrected chi connectivity index (χ2v) is 5.94. The minimum atomic E-state index is 0.0211. The molecule has 1 fully saturated rings. The average molecular weight is 274 g/mol. The van der Waals surface area contributed by atoms with Crippen molar-refractivity contribution < 1.29 is 4.79 Å². The summed E-state index contributed by atoms with van der Waals surface area (Å²) < 4.78 is 0. The van der Waals surface area contributed by atoms with Crippen LogP contribution in [0, 0.1) is 5.92 Å². The molecule has 0 aliphatic heterocycles. The lowest BCUT2D eigenvalue weighted by Crippen LogP contribution is -2.26. The summed E-state index contributed by atoms with van der Waals surface area (Å²) in [6.45, 7) is 5.12. The van der Waals surface area contributed by atoms with E-state index in [0.29, 0.717) is 6.04 Å². The molecular weight excluding hydrogens is 248 g/mol. The Kier molecular flexibility index (Phi) is 5.45. The van der Waals surface area contributed by atoms with E-state index >= 15 is 0 Å². The maximum absolute atomic E-state index is 12.0. The van der Waals surface area contributed by atoms with Gasteiger partial charge in [0.15, 0.2) is 0 Å². The van der Waals surface area contributed by atoms with Crippen molar-refractivity contribution in [3.63, 3.8) is 0 Å². The van der Waals surface area contributed by atoms with Crippen molar-refractivity contribution in [2.24, 2.45) is 5.92 Å². The molecule has 2 rings (SSSR count). The second kappa shape index (κ2) is 7.32. The molecule has 1 aromatic carbocycles. The largest absolute Gasteiger partial charge is 0.382 e. The van der Waals surface area contributed by atoms with Gasteiger partial charge in [0.2, 0.25) is 0 Å². The third kappa shape index (κ3) is 4.26. The molecule has 0 bridgehead atoms. The molecule has 1 aromatic rings. The van der Waals surface area contributed by atoms with Gasteiger partial charge in [-0.2, -0.15) is 0 Å². The zero-order chi connectivity index (χ0) is 14.4. The highest BCUT2D eigenvalue weighted by Crippen LogP contribution is 2.26. The molecule has 20 heavy (non-hydrogen) atoms. The van der Waals surface area contributed by atoms with Gasteiger partial charge in [-0.1, -0.05) is 19.9 Å². The first-order valence-corrected chi connectivity index (χ1v) is 7.84. The average Bonchev–Trinajstić information content (AvgIpc) is 2.47. The standard InChI is InChI=1S/C17H26N2O/c1-3-11-18-17(20)14-5-4-6-16(12-14)19-15-9-7-13(2)8-10-15/h4-6,12-13,15,19H,3,7-11H2,1-2H3,(H,18,20). The van der Waals surface area contributed by atoms with Crippen LogP contribution in [0.1, 0.15) is 56.3 Å². The van der Waals surface area contributed by atoms with E-state index in [4.69, 9.17) is 0 Å². The Balaban J connectivity index is 1.93. The van der Waals surface area contributed by atoms with Crippen molar-refractivity contribution in [1.29, 1.82) is 0 Å². The van der Waals surface area contributed by atoms with E-state index in [1.54, 1.807) is 0 Å². The maximum atomic E-state index is 12.0. The maximum Gasteiger partial charge on any atom is 0.251 e. The van der Waals surface area contributed by atoms with Gasteiger partial charge in [-0.15, -0.1) is 0 Å². The van der Waals surface area contributed by atoms with Crippen molar-refractivity contribution >= 4 is 11.6 Å². The minimum Gasteiger partial charge on any atom is -0.382 e. The van der Waals surface area contributed by atoms with Crippen LogP contribution in [0.5, 0.6) is 0 Å². The number of anilines is 1. The predicted molar refractivity (Wildman–Crippen MR) is 84.1 cm³/mol. The van der Waals surface area contributed by atoms with Crippen LogP contribution in [0.4, 0.5) is 5.69 Å². The molecule has 0 unspecified atom stereocenters. The smallest absolute Gasteiger partial charge is 0.251 e. The molecule has 0 aromatic heterocycles. The molecule has 0 atom stereocenters. The molecule has 1 aliphatic rings. The molecule has 3 heteroatoms. The number of benzene rings is 1. The molecule has 0 spiro atoms. The van der Waals surface area contributed by atoms with Gasteiger partial charge in [-0.05, 0) is 56.2 Å². The van der Waals surface area contributed by atoms with Crippen LogP contribution in [-0.2, 0) is 0 Å². The molecule has 1 amide bonds. The van der Waals surface area contributed by atoms with E-state index in [9.17, 15) is 4.79 Å². The fourth-order valence-corrected chi connectivity index (χ4v) is 2.73. The van der Waals surface area contributed by atoms with Gasteiger partial charge in [-0.25, -0.2) is 0 Å². The predicted octanol–water partition coefficient (Wildman–Crippen LogP) is 3.82. The zero-order valence-corrected chi connectivity index (χ0v) is 12.6. The monoisotopic (exact) mass is 274 g/mol. The Hall–Kier alpha value is -1.51. The Morgan fingerprint density at radius 2 is 2.00 bits per heavy atom. The van der Waals surface area contributed by atoms with Crippen LogP contribution in [0.25, 0.3) is 0 Å². The van der Waals surface area contributed by atoms with Gasteiger partial charge < -0.3 is 10.6 Å². The highest BCUT2D eigenvalue weighted by atomic mass is 16.1. The Morgan fingerprint density at radius 1 is 1.25 bits per heavy atom. The summed E-state index contributed by atoms with van der Waals surface area (Å²) in [6, 6.07) is 8.39. The summed E-state index contributed by atoms with van der Waals surface area (Å²) in [5, 5.41) is 6.49. The van der Waals surface area contributed by atoms with Crippen LogP contribution in [0.3, 0.4) is 0 Å². The van der Waals surface area contributed by atoms with Gasteiger partial charge in [0.1, 0.15) is 0 Å². The summed E-state index contributed by atoms with van der Waals surface area (Å²) in [4.78, 5) is 12.0. The molecule has 0 heterocycles. The highest BCUT2D eigenvalue weighted by molar-refractivity contribution is 5.95. The van der Waals surface area contributed by atoms with Crippen LogP contribution in [0.15, 0.2) is 24.3 Å². The molecule has 3 nitrogen and oxygen atoms in total. The van der Waals surface area contributed by atoms with Crippen LogP contribution >= 0.6 is 0 Å². The number of hydrogen-bond donors (Lipinski definition) is 2. The summed E-state index contributed by atoms with van der Waals surface area (Å²) in [7, 11) is 0. The second-order valence-electron chi connectivity index (χ2n) is 5.94. The lowest BCUT2D eigenvalue weighted by Gasteiger charge is -2.27. The quantitative estimate of drug-likeness (QED) is 0.857. The fraction of sp³-hybridized carbons (Fsp3) is 0.588. The van der Waals surface area contributed by atoms with Crippen LogP contribution < -0.4 is 10.6 Å². The number of carbonyl (C=O) groups excluding carboxylic acids is 1. The number of hydrogen-bond acceptors (Lipinski definition) is 2. The summed E-state index contributed by atoms with van der Waals surface area (Å²) in [6.07, 6.45) is 6.02. The van der Waals surface area contributed by atoms with E-state index in [0.717, 1.165) is 30.1 Å². The lowest BCUT2D eigenvalue weighted by molar-refractivity contribution is 0.0953. The molecule has 2 N–H and O–H groups in total. The summed E-state index contributed by atoms with van der Waals surface area (Å²) >= 11 is 0. The molecular formula is C17H26N2O. The van der Waals surface area contributed by atoms with E-state index < -0.39 is 0 Å². The van der Waals surface area contributed by atoms with Gasteiger partial charge >= 0.3 is 0 Å². The van der Waals surface area contributed by atoms with Crippen molar-refractivity contribution in [1.82, 2.24) is 5.32 Å². The fourth-order valence-electron chi connectivity index (χ4n) is 2.73. The molecule has 110 valence electrons. The lowest BCUT2D eigenvalue weighted by atomic mass is 9.87. The van der Waals surface area contributed by atoms with E-state index in [1.807, 2.05) is 18.2 Å². The first kappa shape index (κ1) is 14.9. The minimum absolute atomic E-state index is 0.0211. The topological polar surface area (TPSA) is 41.1 Å². The number of amides is 1. The molecule has 0 radical (unpaired) electrons. The van der Waals surface area contributed by atoms with Gasteiger partial charge in [0, 0.05) is 23.8 Å². The van der Waals surface area contributed by atoms with Crippen LogP contribution in [0.2, 0.25) is 0 Å². The Bertz CT molecular complexity index is 436. The van der Waals surface area contributed by atoms with Crippen molar-refractivity contribution in [2.45, 2.75) is 52.0 Å². The van der Waals surface area contributed by atoms with Gasteiger partial charge in [-0.3, -0.25) is 4.79 Å². The molecule has 0 saturated heterocycles. The van der Waals surface area contributed by atoms with Gasteiger partial charge in [0.05, 0.1) is 0 Å². The van der Waals surface area contributed by atoms with Crippen molar-refractivity contribution in [3.05, 3.63) is 29.8 Å². The first-order chi connectivity index (χ1) is 9.69. The van der Waals surface area contributed by atoms with Crippen LogP contribution in [-0.4, -0.2) is 18.5 Å². The number of rotatable bonds is 5. The first-order valence-electron chi connectivity index (χ1n) is 7.84. The SMILES string of the molecule is CCCNC(=O)c1cccc(NC2CCC(C)CC2)c1. The normalized spacial score (nSPS) is 22.3. The zero-order valence-electron chi connectivity index (χ0n) is 12.6. The Morgan fingerprint density at radius 3 is 2.70 bits per heavy atom. The molecule has 1 saturated carbocycles. The van der Waals surface area contributed by atoms with Crippen molar-refractivity contribution in [3.8, 4) is 0 Å². The van der Waals surface area contributed by atoms with E-state index in [-0.39, 0.29) is 5.91 Å². The molecule has 1 aliphatic carbocycles. The number of nitrogens with one attached hydrogen (secondary N) is 2. The van der Waals surface area contributed by atoms with E-state index in [1.165, 1.54) is 25.7 Å². The Labute approximate surface area is 122 Å². The third-order valence-corrected chi connectivity index (χ3v) is 4.05.